The van der Waals surface area contributed by atoms with E-state index in [1.54, 1.807) is 7.11 Å². The number of amides is 1. The molecule has 18 heavy (non-hydrogen) atoms. The number of hydrogen-bond acceptors (Lipinski definition) is 2. The van der Waals surface area contributed by atoms with E-state index in [4.69, 9.17) is 4.74 Å². The maximum absolute atomic E-state index is 12.3. The Hall–Kier alpha value is -1.35. The monoisotopic (exact) mass is 247 g/mol. The van der Waals surface area contributed by atoms with E-state index in [0.29, 0.717) is 13.0 Å². The van der Waals surface area contributed by atoms with Gasteiger partial charge in [0, 0.05) is 14.2 Å². The summed E-state index contributed by atoms with van der Waals surface area (Å²) in [5.74, 6) is 0.179. The summed E-state index contributed by atoms with van der Waals surface area (Å²) >= 11 is 0. The molecular weight excluding hydrogens is 226 g/mol. The van der Waals surface area contributed by atoms with Crippen LogP contribution in [0.2, 0.25) is 0 Å². The van der Waals surface area contributed by atoms with Crippen LogP contribution in [0, 0.1) is 6.92 Å². The first-order valence-corrected chi connectivity index (χ1v) is 6.39. The molecule has 0 heterocycles. The van der Waals surface area contributed by atoms with Crippen LogP contribution in [0.1, 0.15) is 24.0 Å². The average molecular weight is 247 g/mol. The first-order valence-electron chi connectivity index (χ1n) is 6.39. The molecule has 3 heteroatoms. The van der Waals surface area contributed by atoms with Crippen molar-refractivity contribution in [3.8, 4) is 0 Å². The minimum Gasteiger partial charge on any atom is -0.382 e. The molecule has 1 aliphatic rings. The lowest BCUT2D eigenvalue weighted by Gasteiger charge is -2.28. The van der Waals surface area contributed by atoms with E-state index >= 15 is 0 Å². The Labute approximate surface area is 109 Å². The fraction of sp³-hybridized carbons (Fsp3) is 0.533. The van der Waals surface area contributed by atoms with Gasteiger partial charge in [-0.15, -0.1) is 0 Å². The van der Waals surface area contributed by atoms with Crippen LogP contribution in [0.3, 0.4) is 0 Å². The highest BCUT2D eigenvalue weighted by atomic mass is 16.5. The van der Waals surface area contributed by atoms with Crippen LogP contribution in [0.25, 0.3) is 0 Å². The van der Waals surface area contributed by atoms with E-state index < -0.39 is 0 Å². The van der Waals surface area contributed by atoms with Gasteiger partial charge < -0.3 is 9.64 Å². The predicted octanol–water partition coefficient (Wildman–Crippen LogP) is 2.17. The van der Waals surface area contributed by atoms with Crippen molar-refractivity contribution in [3.05, 3.63) is 35.4 Å². The second-order valence-electron chi connectivity index (χ2n) is 5.21. The Balaban J connectivity index is 2.02. The highest BCUT2D eigenvalue weighted by Crippen LogP contribution is 2.41. The second-order valence-corrected chi connectivity index (χ2v) is 5.21. The first-order chi connectivity index (χ1) is 8.59. The van der Waals surface area contributed by atoms with Crippen LogP contribution in [-0.2, 0) is 16.0 Å². The number of nitrogens with zero attached hydrogens (tertiary/aromatic N) is 1. The van der Waals surface area contributed by atoms with Crippen LogP contribution < -0.4 is 0 Å². The second kappa shape index (κ2) is 5.11. The molecule has 1 amide bonds. The zero-order valence-electron chi connectivity index (χ0n) is 11.4. The van der Waals surface area contributed by atoms with E-state index in [1.807, 2.05) is 43.1 Å². The molecule has 0 saturated heterocycles. The zero-order valence-corrected chi connectivity index (χ0v) is 11.4. The van der Waals surface area contributed by atoms with Crippen molar-refractivity contribution in [1.82, 2.24) is 4.90 Å². The number of benzene rings is 1. The maximum Gasteiger partial charge on any atom is 0.227 e. The topological polar surface area (TPSA) is 29.5 Å². The van der Waals surface area contributed by atoms with Crippen molar-refractivity contribution >= 4 is 5.91 Å². The zero-order chi connectivity index (χ0) is 13.2. The van der Waals surface area contributed by atoms with Crippen molar-refractivity contribution in [2.75, 3.05) is 20.8 Å². The Morgan fingerprint density at radius 1 is 1.39 bits per heavy atom. The minimum absolute atomic E-state index is 0.0332. The van der Waals surface area contributed by atoms with Crippen LogP contribution in [0.5, 0.6) is 0 Å². The number of carbonyl (C=O) groups is 1. The molecule has 0 N–H and O–H groups in total. The standard InChI is InChI=1S/C15H21NO2/c1-12-6-4-5-7-13(12)10-14(17)16(2)15(8-9-15)11-18-3/h4-7H,8-11H2,1-3H3. The summed E-state index contributed by atoms with van der Waals surface area (Å²) in [4.78, 5) is 14.2. The Morgan fingerprint density at radius 3 is 2.61 bits per heavy atom. The van der Waals surface area contributed by atoms with Crippen molar-refractivity contribution < 1.29 is 9.53 Å². The van der Waals surface area contributed by atoms with E-state index in [2.05, 4.69) is 0 Å². The fourth-order valence-corrected chi connectivity index (χ4v) is 2.34. The molecule has 0 spiro atoms. The third kappa shape index (κ3) is 2.56. The molecule has 3 nitrogen and oxygen atoms in total. The van der Waals surface area contributed by atoms with E-state index in [-0.39, 0.29) is 11.4 Å². The molecule has 1 saturated carbocycles. The number of aryl methyl sites for hydroxylation is 1. The van der Waals surface area contributed by atoms with Crippen LogP contribution in [0.4, 0.5) is 0 Å². The number of carbonyl (C=O) groups excluding carboxylic acids is 1. The normalized spacial score (nSPS) is 16.4. The van der Waals surface area contributed by atoms with Gasteiger partial charge in [0.25, 0.3) is 0 Å². The lowest BCUT2D eigenvalue weighted by molar-refractivity contribution is -0.133. The lowest BCUT2D eigenvalue weighted by Crippen LogP contribution is -2.42. The fourth-order valence-electron chi connectivity index (χ4n) is 2.34. The Bertz CT molecular complexity index is 438. The third-order valence-corrected chi connectivity index (χ3v) is 3.93. The molecule has 0 radical (unpaired) electrons. The van der Waals surface area contributed by atoms with Crippen LogP contribution >= 0.6 is 0 Å². The molecule has 0 unspecified atom stereocenters. The van der Waals surface area contributed by atoms with Gasteiger partial charge >= 0.3 is 0 Å². The summed E-state index contributed by atoms with van der Waals surface area (Å²) < 4.78 is 5.22. The molecule has 1 aromatic carbocycles. The summed E-state index contributed by atoms with van der Waals surface area (Å²) in [6.07, 6.45) is 2.59. The van der Waals surface area contributed by atoms with Gasteiger partial charge in [-0.1, -0.05) is 24.3 Å². The number of likely N-dealkylation sites (N-methyl/N-ethyl adjacent to an activating group) is 1. The first kappa shape index (κ1) is 13.1. The summed E-state index contributed by atoms with van der Waals surface area (Å²) in [5, 5.41) is 0. The smallest absolute Gasteiger partial charge is 0.227 e. The average Bonchev–Trinajstić information content (AvgIpc) is 3.12. The molecule has 0 aromatic heterocycles. The minimum atomic E-state index is -0.0332. The molecule has 0 atom stereocenters. The number of methoxy groups -OCH3 is 1. The van der Waals surface area contributed by atoms with E-state index in [0.717, 1.165) is 18.4 Å². The number of ether oxygens (including phenoxy) is 1. The van der Waals surface area contributed by atoms with Crippen LogP contribution in [0.15, 0.2) is 24.3 Å². The molecular formula is C15H21NO2. The number of hydrogen-bond donors (Lipinski definition) is 0. The van der Waals surface area contributed by atoms with Crippen molar-refractivity contribution in [2.45, 2.75) is 31.7 Å². The maximum atomic E-state index is 12.3. The summed E-state index contributed by atoms with van der Waals surface area (Å²) in [6.45, 7) is 2.69. The molecule has 0 aliphatic heterocycles. The lowest BCUT2D eigenvalue weighted by atomic mass is 10.0. The van der Waals surface area contributed by atoms with Crippen LogP contribution in [-0.4, -0.2) is 37.1 Å². The van der Waals surface area contributed by atoms with Gasteiger partial charge in [-0.05, 0) is 30.9 Å². The molecule has 98 valence electrons. The summed E-state index contributed by atoms with van der Waals surface area (Å²) in [5.41, 5.74) is 2.26. The predicted molar refractivity (Wildman–Crippen MR) is 71.5 cm³/mol. The largest absolute Gasteiger partial charge is 0.382 e. The molecule has 1 aromatic rings. The molecule has 1 aliphatic carbocycles. The molecule has 2 rings (SSSR count). The summed E-state index contributed by atoms with van der Waals surface area (Å²) in [6, 6.07) is 8.06. The van der Waals surface area contributed by atoms with Gasteiger partial charge in [0.1, 0.15) is 0 Å². The quantitative estimate of drug-likeness (QED) is 0.798. The highest BCUT2D eigenvalue weighted by molar-refractivity contribution is 5.80. The van der Waals surface area contributed by atoms with Crippen molar-refractivity contribution in [1.29, 1.82) is 0 Å². The highest BCUT2D eigenvalue weighted by Gasteiger charge is 2.48. The Morgan fingerprint density at radius 2 is 2.06 bits per heavy atom. The van der Waals surface area contributed by atoms with Gasteiger partial charge in [-0.2, -0.15) is 0 Å². The number of rotatable bonds is 5. The van der Waals surface area contributed by atoms with Gasteiger partial charge in [-0.3, -0.25) is 4.79 Å². The van der Waals surface area contributed by atoms with E-state index in [9.17, 15) is 4.79 Å². The van der Waals surface area contributed by atoms with Gasteiger partial charge in [0.15, 0.2) is 0 Å². The SMILES string of the molecule is COCC1(N(C)C(=O)Cc2ccccc2C)CC1. The third-order valence-electron chi connectivity index (χ3n) is 3.93. The molecule has 1 fully saturated rings. The summed E-state index contributed by atoms with van der Waals surface area (Å²) in [7, 11) is 3.59. The van der Waals surface area contributed by atoms with Gasteiger partial charge in [-0.25, -0.2) is 0 Å². The van der Waals surface area contributed by atoms with Gasteiger partial charge in [0.2, 0.25) is 5.91 Å². The van der Waals surface area contributed by atoms with Gasteiger partial charge in [0.05, 0.1) is 18.6 Å². The Kier molecular flexibility index (Phi) is 3.71. The van der Waals surface area contributed by atoms with Crippen molar-refractivity contribution in [2.24, 2.45) is 0 Å². The van der Waals surface area contributed by atoms with E-state index in [1.165, 1.54) is 5.56 Å². The van der Waals surface area contributed by atoms with Crippen molar-refractivity contribution in [3.63, 3.8) is 0 Å². The molecule has 0 bridgehead atoms.